The standard InChI is InChI=1S/C22H29N5O2.ClH/c28-21(17-7-2-1-3-8-17)24-16-18-9-4-5-13-26(18)22(29)20-11-14-27(25-20)19-10-6-12-23-15-19;/h1-3,7-8,11,14,18-19,23H,4-6,9-10,12-13,15-16H2,(H,24,28);1H. The fourth-order valence-electron chi connectivity index (χ4n) is 4.24. The van der Waals surface area contributed by atoms with E-state index < -0.39 is 0 Å². The van der Waals surface area contributed by atoms with Gasteiger partial charge in [0, 0.05) is 37.4 Å². The molecule has 0 radical (unpaired) electrons. The van der Waals surface area contributed by atoms with Crippen LogP contribution in [0.5, 0.6) is 0 Å². The zero-order valence-electron chi connectivity index (χ0n) is 17.1. The molecule has 2 unspecified atom stereocenters. The quantitative estimate of drug-likeness (QED) is 0.762. The molecule has 8 heteroatoms. The molecule has 0 bridgehead atoms. The van der Waals surface area contributed by atoms with Gasteiger partial charge in [-0.25, -0.2) is 0 Å². The van der Waals surface area contributed by atoms with Crippen molar-refractivity contribution in [2.45, 2.75) is 44.2 Å². The van der Waals surface area contributed by atoms with Gasteiger partial charge >= 0.3 is 0 Å². The van der Waals surface area contributed by atoms with Gasteiger partial charge in [0.25, 0.3) is 11.8 Å². The molecule has 0 spiro atoms. The van der Waals surface area contributed by atoms with Crippen molar-refractivity contribution in [2.75, 3.05) is 26.2 Å². The van der Waals surface area contributed by atoms with Gasteiger partial charge in [-0.3, -0.25) is 14.3 Å². The van der Waals surface area contributed by atoms with Gasteiger partial charge in [0.15, 0.2) is 0 Å². The lowest BCUT2D eigenvalue weighted by Crippen LogP contribution is -2.49. The molecule has 0 aliphatic carbocycles. The molecule has 2 aliphatic rings. The fourth-order valence-corrected chi connectivity index (χ4v) is 4.24. The second kappa shape index (κ2) is 10.6. The van der Waals surface area contributed by atoms with E-state index in [0.29, 0.717) is 30.4 Å². The van der Waals surface area contributed by atoms with Crippen LogP contribution < -0.4 is 10.6 Å². The van der Waals surface area contributed by atoms with Crippen LogP contribution >= 0.6 is 12.4 Å². The van der Waals surface area contributed by atoms with Crippen LogP contribution in [0.4, 0.5) is 0 Å². The predicted octanol–water partition coefficient (Wildman–Crippen LogP) is 2.65. The summed E-state index contributed by atoms with van der Waals surface area (Å²) in [6.07, 6.45) is 7.08. The van der Waals surface area contributed by atoms with E-state index in [1.807, 2.05) is 40.0 Å². The van der Waals surface area contributed by atoms with Crippen LogP contribution in [0.15, 0.2) is 42.6 Å². The molecule has 4 rings (SSSR count). The number of amides is 2. The molecule has 1 aromatic carbocycles. The summed E-state index contributed by atoms with van der Waals surface area (Å²) in [5.41, 5.74) is 1.14. The third-order valence-electron chi connectivity index (χ3n) is 5.89. The zero-order valence-corrected chi connectivity index (χ0v) is 17.9. The van der Waals surface area contributed by atoms with E-state index in [0.717, 1.165) is 45.2 Å². The Morgan fingerprint density at radius 2 is 1.93 bits per heavy atom. The second-order valence-electron chi connectivity index (χ2n) is 7.91. The van der Waals surface area contributed by atoms with Crippen molar-refractivity contribution >= 4 is 24.2 Å². The smallest absolute Gasteiger partial charge is 0.274 e. The van der Waals surface area contributed by atoms with Gasteiger partial charge in [0.05, 0.1) is 6.04 Å². The Hall–Kier alpha value is -2.38. The number of hydrogen-bond acceptors (Lipinski definition) is 4. The maximum Gasteiger partial charge on any atom is 0.274 e. The monoisotopic (exact) mass is 431 g/mol. The Balaban J connectivity index is 0.00000256. The van der Waals surface area contributed by atoms with E-state index in [2.05, 4.69) is 15.7 Å². The van der Waals surface area contributed by atoms with Crippen LogP contribution in [0.25, 0.3) is 0 Å². The average molecular weight is 432 g/mol. The number of nitrogens with one attached hydrogen (secondary N) is 2. The molecular weight excluding hydrogens is 402 g/mol. The van der Waals surface area contributed by atoms with Gasteiger partial charge < -0.3 is 15.5 Å². The fraction of sp³-hybridized carbons (Fsp3) is 0.500. The van der Waals surface area contributed by atoms with Crippen molar-refractivity contribution in [3.8, 4) is 0 Å². The summed E-state index contributed by atoms with van der Waals surface area (Å²) in [5.74, 6) is -0.135. The molecule has 30 heavy (non-hydrogen) atoms. The number of aromatic nitrogens is 2. The summed E-state index contributed by atoms with van der Waals surface area (Å²) in [4.78, 5) is 27.4. The molecule has 0 saturated carbocycles. The third kappa shape index (κ3) is 5.21. The first kappa shape index (κ1) is 22.3. The number of carbonyl (C=O) groups is 2. The summed E-state index contributed by atoms with van der Waals surface area (Å²) >= 11 is 0. The highest BCUT2D eigenvalue weighted by Crippen LogP contribution is 2.21. The molecule has 2 atom stereocenters. The molecule has 1 aromatic heterocycles. The largest absolute Gasteiger partial charge is 0.350 e. The summed E-state index contributed by atoms with van der Waals surface area (Å²) in [6, 6.07) is 11.3. The lowest BCUT2D eigenvalue weighted by molar-refractivity contribution is 0.0595. The van der Waals surface area contributed by atoms with Crippen LogP contribution in [-0.2, 0) is 0 Å². The number of piperidine rings is 2. The number of halogens is 1. The third-order valence-corrected chi connectivity index (χ3v) is 5.89. The first-order valence-corrected chi connectivity index (χ1v) is 10.6. The summed E-state index contributed by atoms with van der Waals surface area (Å²) in [6.45, 7) is 3.12. The number of hydrogen-bond donors (Lipinski definition) is 2. The minimum atomic E-state index is -0.0994. The van der Waals surface area contributed by atoms with Crippen molar-refractivity contribution < 1.29 is 9.59 Å². The molecular formula is C22H30ClN5O2. The normalized spacial score (nSPS) is 21.5. The van der Waals surface area contributed by atoms with Crippen molar-refractivity contribution in [3.05, 3.63) is 53.9 Å². The number of benzene rings is 1. The van der Waals surface area contributed by atoms with Crippen molar-refractivity contribution in [1.82, 2.24) is 25.3 Å². The summed E-state index contributed by atoms with van der Waals surface area (Å²) < 4.78 is 1.93. The SMILES string of the molecule is Cl.O=C(NCC1CCCCN1C(=O)c1ccn(C2CCCNC2)n1)c1ccccc1. The summed E-state index contributed by atoms with van der Waals surface area (Å²) in [7, 11) is 0. The molecule has 2 N–H and O–H groups in total. The number of nitrogens with zero attached hydrogens (tertiary/aromatic N) is 3. The highest BCUT2D eigenvalue weighted by atomic mass is 35.5. The Morgan fingerprint density at radius 3 is 2.70 bits per heavy atom. The lowest BCUT2D eigenvalue weighted by Gasteiger charge is -2.35. The number of rotatable bonds is 5. The molecule has 3 heterocycles. The van der Waals surface area contributed by atoms with Crippen LogP contribution in [0.2, 0.25) is 0 Å². The molecule has 2 fully saturated rings. The first-order valence-electron chi connectivity index (χ1n) is 10.6. The van der Waals surface area contributed by atoms with Gasteiger partial charge in [0.1, 0.15) is 5.69 Å². The van der Waals surface area contributed by atoms with E-state index in [1.54, 1.807) is 12.1 Å². The minimum absolute atomic E-state index is 0. The maximum absolute atomic E-state index is 13.1. The van der Waals surface area contributed by atoms with Gasteiger partial charge in [-0.2, -0.15) is 5.10 Å². The Morgan fingerprint density at radius 1 is 1.10 bits per heavy atom. The van der Waals surface area contributed by atoms with E-state index in [1.165, 1.54) is 0 Å². The van der Waals surface area contributed by atoms with E-state index in [-0.39, 0.29) is 30.3 Å². The van der Waals surface area contributed by atoms with Crippen LogP contribution in [0.1, 0.15) is 59.0 Å². The highest BCUT2D eigenvalue weighted by Gasteiger charge is 2.29. The topological polar surface area (TPSA) is 79.3 Å². The maximum atomic E-state index is 13.1. The van der Waals surface area contributed by atoms with Gasteiger partial charge in [-0.05, 0) is 56.8 Å². The average Bonchev–Trinajstić information content (AvgIpc) is 3.29. The van der Waals surface area contributed by atoms with Crippen LogP contribution in [0.3, 0.4) is 0 Å². The van der Waals surface area contributed by atoms with Crippen molar-refractivity contribution in [3.63, 3.8) is 0 Å². The van der Waals surface area contributed by atoms with Crippen molar-refractivity contribution in [1.29, 1.82) is 0 Å². The zero-order chi connectivity index (χ0) is 20.1. The van der Waals surface area contributed by atoms with Crippen LogP contribution in [-0.4, -0.2) is 58.7 Å². The van der Waals surface area contributed by atoms with Crippen molar-refractivity contribution in [2.24, 2.45) is 0 Å². The first-order chi connectivity index (χ1) is 14.2. The van der Waals surface area contributed by atoms with Gasteiger partial charge in [-0.15, -0.1) is 12.4 Å². The Labute approximate surface area is 183 Å². The van der Waals surface area contributed by atoms with E-state index in [4.69, 9.17) is 0 Å². The van der Waals surface area contributed by atoms with E-state index >= 15 is 0 Å². The molecule has 7 nitrogen and oxygen atoms in total. The lowest BCUT2D eigenvalue weighted by atomic mass is 10.0. The Bertz CT molecular complexity index is 835. The number of carbonyl (C=O) groups excluding carboxylic acids is 2. The second-order valence-corrected chi connectivity index (χ2v) is 7.91. The summed E-state index contributed by atoms with van der Waals surface area (Å²) in [5, 5.41) is 11.0. The van der Waals surface area contributed by atoms with E-state index in [9.17, 15) is 9.59 Å². The molecule has 2 saturated heterocycles. The molecule has 162 valence electrons. The molecule has 2 aliphatic heterocycles. The molecule has 2 amide bonds. The predicted molar refractivity (Wildman–Crippen MR) is 118 cm³/mol. The Kier molecular flexibility index (Phi) is 7.87. The minimum Gasteiger partial charge on any atom is -0.350 e. The number of likely N-dealkylation sites (tertiary alicyclic amines) is 1. The highest BCUT2D eigenvalue weighted by molar-refractivity contribution is 5.94. The molecule has 2 aromatic rings. The van der Waals surface area contributed by atoms with Crippen LogP contribution in [0, 0.1) is 0 Å². The van der Waals surface area contributed by atoms with Gasteiger partial charge in [-0.1, -0.05) is 18.2 Å². The van der Waals surface area contributed by atoms with Gasteiger partial charge in [0.2, 0.25) is 0 Å².